The first-order valence-corrected chi connectivity index (χ1v) is 6.78. The van der Waals surface area contributed by atoms with Crippen molar-refractivity contribution in [1.82, 2.24) is 4.90 Å². The Kier molecular flexibility index (Phi) is 4.40. The number of hydrogen-bond acceptors (Lipinski definition) is 3. The van der Waals surface area contributed by atoms with Crippen LogP contribution in [-0.4, -0.2) is 43.2 Å². The van der Waals surface area contributed by atoms with Gasteiger partial charge < -0.3 is 15.4 Å². The standard InChI is InChI=1S/C13H24N2O2/c1-10(7-14)6-13(16)15(12-2-3-12)8-11-4-5-17-9-11/h10-12H,2-9,14H2,1H3. The molecule has 2 N–H and O–H groups in total. The minimum atomic E-state index is 0.289. The van der Waals surface area contributed by atoms with E-state index in [0.29, 0.717) is 30.8 Å². The molecule has 1 amide bonds. The molecule has 1 saturated heterocycles. The Balaban J connectivity index is 1.84. The second-order valence-corrected chi connectivity index (χ2v) is 5.55. The molecule has 1 aliphatic heterocycles. The maximum absolute atomic E-state index is 12.2. The van der Waals surface area contributed by atoms with Gasteiger partial charge in [-0.25, -0.2) is 0 Å². The molecule has 0 spiro atoms. The predicted molar refractivity (Wildman–Crippen MR) is 66.5 cm³/mol. The summed E-state index contributed by atoms with van der Waals surface area (Å²) >= 11 is 0. The van der Waals surface area contributed by atoms with E-state index in [4.69, 9.17) is 10.5 Å². The van der Waals surface area contributed by atoms with E-state index < -0.39 is 0 Å². The third kappa shape index (κ3) is 3.68. The molecule has 1 aliphatic carbocycles. The summed E-state index contributed by atoms with van der Waals surface area (Å²) < 4.78 is 5.38. The van der Waals surface area contributed by atoms with Crippen molar-refractivity contribution in [2.75, 3.05) is 26.3 Å². The lowest BCUT2D eigenvalue weighted by Gasteiger charge is -2.26. The van der Waals surface area contributed by atoms with Crippen molar-refractivity contribution in [3.63, 3.8) is 0 Å². The van der Waals surface area contributed by atoms with Crippen molar-refractivity contribution in [2.24, 2.45) is 17.6 Å². The number of nitrogens with two attached hydrogens (primary N) is 1. The van der Waals surface area contributed by atoms with Gasteiger partial charge in [0, 0.05) is 31.5 Å². The predicted octanol–water partition coefficient (Wildman–Crippen LogP) is 0.999. The first kappa shape index (κ1) is 12.8. The van der Waals surface area contributed by atoms with Gasteiger partial charge in [-0.3, -0.25) is 4.79 Å². The van der Waals surface area contributed by atoms with Gasteiger partial charge in [-0.2, -0.15) is 0 Å². The molecule has 0 radical (unpaired) electrons. The number of carbonyl (C=O) groups excluding carboxylic acids is 1. The van der Waals surface area contributed by atoms with Gasteiger partial charge in [0.25, 0.3) is 0 Å². The zero-order valence-corrected chi connectivity index (χ0v) is 10.7. The fourth-order valence-corrected chi connectivity index (χ4v) is 2.34. The molecule has 98 valence electrons. The molecule has 0 aromatic rings. The van der Waals surface area contributed by atoms with Gasteiger partial charge in [0.05, 0.1) is 6.61 Å². The van der Waals surface area contributed by atoms with E-state index in [1.54, 1.807) is 0 Å². The van der Waals surface area contributed by atoms with Crippen LogP contribution in [0, 0.1) is 11.8 Å². The number of hydrogen-bond donors (Lipinski definition) is 1. The molecule has 17 heavy (non-hydrogen) atoms. The third-order valence-electron chi connectivity index (χ3n) is 3.71. The van der Waals surface area contributed by atoms with Crippen LogP contribution in [0.4, 0.5) is 0 Å². The van der Waals surface area contributed by atoms with E-state index in [2.05, 4.69) is 4.90 Å². The highest BCUT2D eigenvalue weighted by Crippen LogP contribution is 2.30. The highest BCUT2D eigenvalue weighted by Gasteiger charge is 2.34. The summed E-state index contributed by atoms with van der Waals surface area (Å²) in [7, 11) is 0. The van der Waals surface area contributed by atoms with Crippen molar-refractivity contribution < 1.29 is 9.53 Å². The van der Waals surface area contributed by atoms with Crippen LogP contribution >= 0.6 is 0 Å². The minimum Gasteiger partial charge on any atom is -0.381 e. The Morgan fingerprint density at radius 1 is 1.47 bits per heavy atom. The van der Waals surface area contributed by atoms with E-state index in [-0.39, 0.29) is 5.91 Å². The highest BCUT2D eigenvalue weighted by atomic mass is 16.5. The largest absolute Gasteiger partial charge is 0.381 e. The second-order valence-electron chi connectivity index (χ2n) is 5.55. The fraction of sp³-hybridized carbons (Fsp3) is 0.923. The number of nitrogens with zero attached hydrogens (tertiary/aromatic N) is 1. The van der Waals surface area contributed by atoms with Crippen molar-refractivity contribution in [2.45, 2.75) is 38.6 Å². The van der Waals surface area contributed by atoms with Gasteiger partial charge in [-0.05, 0) is 31.7 Å². The normalized spacial score (nSPS) is 25.9. The Morgan fingerprint density at radius 2 is 2.24 bits per heavy atom. The van der Waals surface area contributed by atoms with Crippen LogP contribution in [0.15, 0.2) is 0 Å². The van der Waals surface area contributed by atoms with E-state index in [0.717, 1.165) is 26.2 Å². The lowest BCUT2D eigenvalue weighted by molar-refractivity contribution is -0.133. The molecule has 0 bridgehead atoms. The molecule has 2 rings (SSSR count). The Morgan fingerprint density at radius 3 is 2.76 bits per heavy atom. The molecule has 1 saturated carbocycles. The summed E-state index contributed by atoms with van der Waals surface area (Å²) in [5.74, 6) is 1.13. The zero-order chi connectivity index (χ0) is 12.3. The van der Waals surface area contributed by atoms with Crippen LogP contribution in [0.5, 0.6) is 0 Å². The summed E-state index contributed by atoms with van der Waals surface area (Å²) in [4.78, 5) is 14.3. The Hall–Kier alpha value is -0.610. The van der Waals surface area contributed by atoms with Gasteiger partial charge in [-0.15, -0.1) is 0 Å². The van der Waals surface area contributed by atoms with Crippen molar-refractivity contribution in [3.8, 4) is 0 Å². The SMILES string of the molecule is CC(CN)CC(=O)N(CC1CCOC1)C1CC1. The van der Waals surface area contributed by atoms with Crippen LogP contribution in [0.25, 0.3) is 0 Å². The molecule has 2 aliphatic rings. The molecule has 0 aromatic heterocycles. The molecule has 2 fully saturated rings. The van der Waals surface area contributed by atoms with Crippen LogP contribution in [0.1, 0.15) is 32.6 Å². The summed E-state index contributed by atoms with van der Waals surface area (Å²) in [5, 5.41) is 0. The lowest BCUT2D eigenvalue weighted by atomic mass is 10.1. The minimum absolute atomic E-state index is 0.289. The fourth-order valence-electron chi connectivity index (χ4n) is 2.34. The second kappa shape index (κ2) is 5.83. The molecule has 4 nitrogen and oxygen atoms in total. The van der Waals surface area contributed by atoms with E-state index in [9.17, 15) is 4.79 Å². The summed E-state index contributed by atoms with van der Waals surface area (Å²) in [6, 6.07) is 0.507. The Bertz CT molecular complexity index is 260. The maximum Gasteiger partial charge on any atom is 0.223 e. The van der Waals surface area contributed by atoms with Gasteiger partial charge in [-0.1, -0.05) is 6.92 Å². The molecule has 4 heteroatoms. The molecule has 1 heterocycles. The number of amides is 1. The lowest BCUT2D eigenvalue weighted by Crippen LogP contribution is -2.38. The topological polar surface area (TPSA) is 55.6 Å². The number of ether oxygens (including phenoxy) is 1. The van der Waals surface area contributed by atoms with E-state index in [1.807, 2.05) is 6.92 Å². The van der Waals surface area contributed by atoms with Gasteiger partial charge in [0.15, 0.2) is 0 Å². The van der Waals surface area contributed by atoms with Crippen molar-refractivity contribution >= 4 is 5.91 Å². The van der Waals surface area contributed by atoms with Gasteiger partial charge >= 0.3 is 0 Å². The third-order valence-corrected chi connectivity index (χ3v) is 3.71. The quantitative estimate of drug-likeness (QED) is 0.753. The van der Waals surface area contributed by atoms with Gasteiger partial charge in [0.2, 0.25) is 5.91 Å². The summed E-state index contributed by atoms with van der Waals surface area (Å²) in [6.45, 7) is 5.21. The summed E-state index contributed by atoms with van der Waals surface area (Å²) in [5.41, 5.74) is 5.59. The van der Waals surface area contributed by atoms with Crippen LogP contribution in [0.2, 0.25) is 0 Å². The molecule has 0 aromatic carbocycles. The van der Waals surface area contributed by atoms with Gasteiger partial charge in [0.1, 0.15) is 0 Å². The average molecular weight is 240 g/mol. The average Bonchev–Trinajstić information content (AvgIpc) is 3.03. The van der Waals surface area contributed by atoms with Crippen LogP contribution in [0.3, 0.4) is 0 Å². The van der Waals surface area contributed by atoms with E-state index >= 15 is 0 Å². The first-order chi connectivity index (χ1) is 8.20. The smallest absolute Gasteiger partial charge is 0.223 e. The number of rotatable bonds is 6. The molecule has 2 atom stereocenters. The monoisotopic (exact) mass is 240 g/mol. The molecular weight excluding hydrogens is 216 g/mol. The van der Waals surface area contributed by atoms with E-state index in [1.165, 1.54) is 12.8 Å². The maximum atomic E-state index is 12.2. The van der Waals surface area contributed by atoms with Crippen LogP contribution in [-0.2, 0) is 9.53 Å². The Labute approximate surface area is 103 Å². The first-order valence-electron chi connectivity index (χ1n) is 6.78. The zero-order valence-electron chi connectivity index (χ0n) is 10.7. The van der Waals surface area contributed by atoms with Crippen molar-refractivity contribution in [1.29, 1.82) is 0 Å². The van der Waals surface area contributed by atoms with Crippen molar-refractivity contribution in [3.05, 3.63) is 0 Å². The molecular formula is C13H24N2O2. The van der Waals surface area contributed by atoms with Crippen LogP contribution < -0.4 is 5.73 Å². The molecule has 2 unspecified atom stereocenters. The number of carbonyl (C=O) groups is 1. The highest BCUT2D eigenvalue weighted by molar-refractivity contribution is 5.77. The summed E-state index contributed by atoms with van der Waals surface area (Å²) in [6.07, 6.45) is 4.05.